The van der Waals surface area contributed by atoms with Crippen LogP contribution in [0.4, 0.5) is 4.39 Å². The minimum absolute atomic E-state index is 0.0634. The fourth-order valence-corrected chi connectivity index (χ4v) is 4.94. The Balaban J connectivity index is 2.50. The lowest BCUT2D eigenvalue weighted by molar-refractivity contribution is -0.145. The smallest absolute Gasteiger partial charge is 0.477 e. The molecule has 6 nitrogen and oxygen atoms in total. The molecule has 0 fully saturated rings. The van der Waals surface area contributed by atoms with Gasteiger partial charge in [-0.2, -0.15) is 4.89 Å². The first kappa shape index (κ1) is 25.4. The molecule has 1 heterocycles. The van der Waals surface area contributed by atoms with Crippen LogP contribution in [0.3, 0.4) is 0 Å². The highest BCUT2D eigenvalue weighted by atomic mass is 31.1. The third-order valence-corrected chi connectivity index (χ3v) is 7.38. The van der Waals surface area contributed by atoms with E-state index in [0.29, 0.717) is 22.5 Å². The molecule has 0 saturated carbocycles. The van der Waals surface area contributed by atoms with Crippen molar-refractivity contribution in [1.29, 1.82) is 0 Å². The Labute approximate surface area is 198 Å². The van der Waals surface area contributed by atoms with Crippen LogP contribution in [0.15, 0.2) is 73.3 Å². The van der Waals surface area contributed by atoms with Gasteiger partial charge in [0, 0.05) is 11.1 Å². The van der Waals surface area contributed by atoms with Crippen molar-refractivity contribution in [2.75, 3.05) is 0 Å². The van der Waals surface area contributed by atoms with Crippen LogP contribution in [0.1, 0.15) is 37.9 Å². The fourth-order valence-electron chi connectivity index (χ4n) is 4.14. The summed E-state index contributed by atoms with van der Waals surface area (Å²) in [7, 11) is -3.47. The van der Waals surface area contributed by atoms with Crippen molar-refractivity contribution in [2.24, 2.45) is 0 Å². The number of carboxylic acid groups (broad SMARTS) is 1. The van der Waals surface area contributed by atoms with Gasteiger partial charge in [0.1, 0.15) is 5.82 Å². The predicted octanol–water partition coefficient (Wildman–Crippen LogP) is 5.63. The van der Waals surface area contributed by atoms with Gasteiger partial charge in [-0.3, -0.25) is 4.98 Å². The second kappa shape index (κ2) is 9.55. The number of aromatic nitrogens is 1. The van der Waals surface area contributed by atoms with Crippen LogP contribution in [0.2, 0.25) is 0 Å². The number of carboxylic acids is 1. The summed E-state index contributed by atoms with van der Waals surface area (Å²) < 4.78 is 26.2. The number of aliphatic carboxylic acids is 1. The highest BCUT2D eigenvalue weighted by Crippen LogP contribution is 2.53. The Morgan fingerprint density at radius 1 is 1.12 bits per heavy atom. The number of hydrogen-bond acceptors (Lipinski definition) is 4. The van der Waals surface area contributed by atoms with Crippen LogP contribution in [0.25, 0.3) is 22.4 Å². The molecule has 0 radical (unpaired) electrons. The largest absolute Gasteiger partial charge is 0.531 e. The maximum absolute atomic E-state index is 13.7. The molecular formula is C26H26FNO5P+. The summed E-state index contributed by atoms with van der Waals surface area (Å²) in [6.45, 7) is 8.28. The van der Waals surface area contributed by atoms with Crippen molar-refractivity contribution in [3.05, 3.63) is 90.4 Å². The second-order valence-corrected chi connectivity index (χ2v) is 9.72. The maximum Gasteiger partial charge on any atom is 0.531 e. The van der Waals surface area contributed by atoms with Gasteiger partial charge in [0.25, 0.3) is 0 Å². The Kier molecular flexibility index (Phi) is 7.13. The van der Waals surface area contributed by atoms with Crippen LogP contribution < -0.4 is 0 Å². The van der Waals surface area contributed by atoms with Gasteiger partial charge in [-0.25, -0.2) is 9.18 Å². The van der Waals surface area contributed by atoms with Crippen LogP contribution in [0, 0.1) is 5.82 Å². The molecule has 0 saturated heterocycles. The van der Waals surface area contributed by atoms with Crippen molar-refractivity contribution >= 4 is 14.0 Å². The summed E-state index contributed by atoms with van der Waals surface area (Å²) >= 11 is 0. The molecule has 2 aromatic carbocycles. The minimum atomic E-state index is -3.47. The average molecular weight is 482 g/mol. The van der Waals surface area contributed by atoms with Gasteiger partial charge in [-0.1, -0.05) is 62.9 Å². The van der Waals surface area contributed by atoms with E-state index in [1.54, 1.807) is 6.07 Å². The SMILES string of the molecule is C=CC(C(=O)O)([P+](=O)O)C(C)(O)c1c(-c2ccc(F)cc2)cc(-c2ccccc2)nc1C(C)C. The van der Waals surface area contributed by atoms with E-state index in [4.69, 9.17) is 4.98 Å². The molecule has 0 spiro atoms. The lowest BCUT2D eigenvalue weighted by atomic mass is 9.75. The number of benzene rings is 2. The highest BCUT2D eigenvalue weighted by molar-refractivity contribution is 7.42. The zero-order valence-corrected chi connectivity index (χ0v) is 20.0. The highest BCUT2D eigenvalue weighted by Gasteiger charge is 2.68. The zero-order chi connectivity index (χ0) is 25.3. The molecule has 176 valence electrons. The third kappa shape index (κ3) is 4.18. The summed E-state index contributed by atoms with van der Waals surface area (Å²) in [5, 5.41) is 19.2. The molecule has 0 aliphatic heterocycles. The number of nitrogens with zero attached hydrogens (tertiary/aromatic N) is 1. The molecule has 0 aliphatic rings. The number of halogens is 1. The second-order valence-electron chi connectivity index (χ2n) is 8.46. The van der Waals surface area contributed by atoms with E-state index >= 15 is 0 Å². The van der Waals surface area contributed by atoms with Crippen molar-refractivity contribution in [2.45, 2.75) is 37.4 Å². The summed E-state index contributed by atoms with van der Waals surface area (Å²) in [6, 6.07) is 16.4. The Morgan fingerprint density at radius 3 is 2.18 bits per heavy atom. The lowest BCUT2D eigenvalue weighted by Gasteiger charge is -2.35. The average Bonchev–Trinajstić information content (AvgIpc) is 2.79. The topological polar surface area (TPSA) is 108 Å². The fraction of sp³-hybridized carbons (Fsp3) is 0.231. The van der Waals surface area contributed by atoms with Gasteiger partial charge < -0.3 is 10.2 Å². The van der Waals surface area contributed by atoms with E-state index in [2.05, 4.69) is 6.58 Å². The molecule has 1 aromatic heterocycles. The molecule has 3 aromatic rings. The molecule has 3 atom stereocenters. The van der Waals surface area contributed by atoms with Crippen LogP contribution in [-0.2, 0) is 15.0 Å². The van der Waals surface area contributed by atoms with Crippen LogP contribution >= 0.6 is 8.03 Å². The maximum atomic E-state index is 13.7. The lowest BCUT2D eigenvalue weighted by Crippen LogP contribution is -2.52. The number of aliphatic hydroxyl groups is 1. The first-order chi connectivity index (χ1) is 16.0. The first-order valence-corrected chi connectivity index (χ1v) is 11.8. The Hall–Kier alpha value is -3.25. The van der Waals surface area contributed by atoms with Gasteiger partial charge in [0.05, 0.1) is 11.4 Å². The molecule has 8 heteroatoms. The summed E-state index contributed by atoms with van der Waals surface area (Å²) in [5.41, 5.74) is 0.176. The van der Waals surface area contributed by atoms with E-state index in [0.717, 1.165) is 11.6 Å². The van der Waals surface area contributed by atoms with Gasteiger partial charge in [0.2, 0.25) is 0 Å². The summed E-state index contributed by atoms with van der Waals surface area (Å²) in [6.07, 6.45) is 0.789. The summed E-state index contributed by atoms with van der Waals surface area (Å²) in [5.74, 6) is -2.48. The number of hydrogen-bond donors (Lipinski definition) is 3. The monoisotopic (exact) mass is 482 g/mol. The van der Waals surface area contributed by atoms with Crippen molar-refractivity contribution in [3.63, 3.8) is 0 Å². The number of rotatable bonds is 8. The standard InChI is InChI=1S/C26H25FNO5P/c1-5-26(24(29)30,34(32)33)25(4,31)22-20(17-11-13-19(27)14-12-17)15-21(28-23(22)16(2)3)18-9-7-6-8-10-18/h5-16,31H,1H2,2-4H3,(H-,29,30,32,33)/p+1. The van der Waals surface area contributed by atoms with E-state index in [9.17, 15) is 28.9 Å². The number of pyridine rings is 1. The predicted molar refractivity (Wildman–Crippen MR) is 129 cm³/mol. The molecule has 0 bridgehead atoms. The quantitative estimate of drug-likeness (QED) is 0.284. The van der Waals surface area contributed by atoms with E-state index in [1.807, 2.05) is 44.2 Å². The van der Waals surface area contributed by atoms with Crippen LogP contribution in [-0.4, -0.2) is 31.2 Å². The summed E-state index contributed by atoms with van der Waals surface area (Å²) in [4.78, 5) is 27.2. The Morgan fingerprint density at radius 2 is 1.71 bits per heavy atom. The molecule has 3 unspecified atom stereocenters. The third-order valence-electron chi connectivity index (χ3n) is 5.97. The van der Waals surface area contributed by atoms with E-state index < -0.39 is 30.6 Å². The van der Waals surface area contributed by atoms with Gasteiger partial charge >= 0.3 is 19.2 Å². The van der Waals surface area contributed by atoms with Gasteiger partial charge in [-0.05, 0) is 52.8 Å². The van der Waals surface area contributed by atoms with Crippen molar-refractivity contribution in [3.8, 4) is 22.4 Å². The first-order valence-electron chi connectivity index (χ1n) is 10.6. The van der Waals surface area contributed by atoms with E-state index in [1.165, 1.54) is 31.2 Å². The van der Waals surface area contributed by atoms with Gasteiger partial charge in [-0.15, -0.1) is 0 Å². The normalized spacial score (nSPS) is 15.3. The molecular weight excluding hydrogens is 456 g/mol. The molecule has 34 heavy (non-hydrogen) atoms. The number of carbonyl (C=O) groups is 1. The molecule has 3 N–H and O–H groups in total. The van der Waals surface area contributed by atoms with Gasteiger partial charge in [0.15, 0.2) is 5.60 Å². The van der Waals surface area contributed by atoms with Crippen molar-refractivity contribution in [1.82, 2.24) is 4.98 Å². The zero-order valence-electron chi connectivity index (χ0n) is 19.1. The molecule has 0 amide bonds. The Bertz CT molecular complexity index is 1230. The van der Waals surface area contributed by atoms with Crippen molar-refractivity contribution < 1.29 is 28.9 Å². The molecule has 0 aliphatic carbocycles. The molecule has 3 rings (SSSR count). The van der Waals surface area contributed by atoms with E-state index in [-0.39, 0.29) is 11.5 Å². The van der Waals surface area contributed by atoms with Crippen LogP contribution in [0.5, 0.6) is 0 Å². The minimum Gasteiger partial charge on any atom is -0.477 e.